The van der Waals surface area contributed by atoms with Crippen molar-refractivity contribution >= 4 is 22.4 Å². The van der Waals surface area contributed by atoms with E-state index in [9.17, 15) is 0 Å². The number of aryl methyl sites for hydroxylation is 1. The molecule has 2 heteroatoms. The third kappa shape index (κ3) is 3.72. The maximum Gasteiger partial charge on any atom is 0.0431 e. The van der Waals surface area contributed by atoms with Crippen LogP contribution in [0.15, 0.2) is 36.4 Å². The van der Waals surface area contributed by atoms with Gasteiger partial charge in [0, 0.05) is 11.6 Å². The molecule has 0 heterocycles. The van der Waals surface area contributed by atoms with E-state index in [0.29, 0.717) is 6.61 Å². The molecule has 0 aromatic heterocycles. The van der Waals surface area contributed by atoms with Crippen molar-refractivity contribution < 1.29 is 5.11 Å². The predicted octanol–water partition coefficient (Wildman–Crippen LogP) is 4.59. The first-order valence-electron chi connectivity index (χ1n) is 6.58. The van der Waals surface area contributed by atoms with E-state index in [-0.39, 0.29) is 0 Å². The molecule has 1 N–H and O–H groups in total. The minimum Gasteiger partial charge on any atom is -0.396 e. The fourth-order valence-electron chi connectivity index (χ4n) is 2.22. The second-order valence-corrected chi connectivity index (χ2v) is 5.15. The lowest BCUT2D eigenvalue weighted by Crippen LogP contribution is -1.88. The summed E-state index contributed by atoms with van der Waals surface area (Å²) in [7, 11) is 0. The highest BCUT2D eigenvalue weighted by atomic mass is 35.5. The SMILES string of the molecule is OCCCCCCc1ccc2cc(Cl)ccc2c1. The van der Waals surface area contributed by atoms with Gasteiger partial charge in [-0.3, -0.25) is 0 Å². The lowest BCUT2D eigenvalue weighted by Gasteiger charge is -2.04. The van der Waals surface area contributed by atoms with Crippen molar-refractivity contribution in [3.8, 4) is 0 Å². The molecule has 0 radical (unpaired) electrons. The van der Waals surface area contributed by atoms with E-state index >= 15 is 0 Å². The van der Waals surface area contributed by atoms with Gasteiger partial charge in [0.1, 0.15) is 0 Å². The van der Waals surface area contributed by atoms with Crippen LogP contribution < -0.4 is 0 Å². The maximum absolute atomic E-state index is 8.71. The highest BCUT2D eigenvalue weighted by Gasteiger charge is 1.98. The molecule has 18 heavy (non-hydrogen) atoms. The smallest absolute Gasteiger partial charge is 0.0431 e. The van der Waals surface area contributed by atoms with Crippen LogP contribution in [0.2, 0.25) is 5.02 Å². The Hall–Kier alpha value is -1.05. The van der Waals surface area contributed by atoms with Gasteiger partial charge < -0.3 is 5.11 Å². The molecular weight excluding hydrogens is 244 g/mol. The van der Waals surface area contributed by atoms with Crippen LogP contribution in [0.3, 0.4) is 0 Å². The summed E-state index contributed by atoms with van der Waals surface area (Å²) in [4.78, 5) is 0. The minimum absolute atomic E-state index is 0.316. The molecule has 0 aliphatic carbocycles. The minimum atomic E-state index is 0.316. The number of aliphatic hydroxyl groups excluding tert-OH is 1. The zero-order chi connectivity index (χ0) is 12.8. The number of rotatable bonds is 6. The van der Waals surface area contributed by atoms with Crippen molar-refractivity contribution in [3.63, 3.8) is 0 Å². The van der Waals surface area contributed by atoms with Gasteiger partial charge in [0.05, 0.1) is 0 Å². The fourth-order valence-corrected chi connectivity index (χ4v) is 2.40. The molecule has 2 aromatic carbocycles. The number of benzene rings is 2. The standard InChI is InChI=1S/C16H19ClO/c17-16-9-8-14-11-13(6-7-15(14)12-16)5-3-1-2-4-10-18/h6-9,11-12,18H,1-5,10H2. The Kier molecular flexibility index (Phi) is 5.03. The van der Waals surface area contributed by atoms with E-state index in [1.54, 1.807) is 0 Å². The lowest BCUT2D eigenvalue weighted by atomic mass is 10.0. The van der Waals surface area contributed by atoms with Crippen LogP contribution in [0.4, 0.5) is 0 Å². The summed E-state index contributed by atoms with van der Waals surface area (Å²) in [6.45, 7) is 0.316. The summed E-state index contributed by atoms with van der Waals surface area (Å²) in [6.07, 6.45) is 5.55. The Morgan fingerprint density at radius 3 is 2.39 bits per heavy atom. The fraction of sp³-hybridized carbons (Fsp3) is 0.375. The quantitative estimate of drug-likeness (QED) is 0.755. The molecule has 1 nitrogen and oxygen atoms in total. The summed E-state index contributed by atoms with van der Waals surface area (Å²) < 4.78 is 0. The van der Waals surface area contributed by atoms with Gasteiger partial charge in [-0.25, -0.2) is 0 Å². The normalized spacial score (nSPS) is 11.0. The van der Waals surface area contributed by atoms with Gasteiger partial charge >= 0.3 is 0 Å². The molecule has 0 amide bonds. The monoisotopic (exact) mass is 262 g/mol. The molecular formula is C16H19ClO. The van der Waals surface area contributed by atoms with Crippen molar-refractivity contribution in [2.75, 3.05) is 6.61 Å². The van der Waals surface area contributed by atoms with E-state index in [2.05, 4.69) is 24.3 Å². The van der Waals surface area contributed by atoms with E-state index in [1.807, 2.05) is 12.1 Å². The van der Waals surface area contributed by atoms with Crippen LogP contribution in [0.1, 0.15) is 31.2 Å². The lowest BCUT2D eigenvalue weighted by molar-refractivity contribution is 0.282. The molecule has 0 aliphatic rings. The number of aliphatic hydroxyl groups is 1. The van der Waals surface area contributed by atoms with E-state index in [4.69, 9.17) is 16.7 Å². The number of unbranched alkanes of at least 4 members (excludes halogenated alkanes) is 3. The second-order valence-electron chi connectivity index (χ2n) is 4.71. The van der Waals surface area contributed by atoms with E-state index in [1.165, 1.54) is 29.2 Å². The highest BCUT2D eigenvalue weighted by Crippen LogP contribution is 2.21. The second kappa shape index (κ2) is 6.77. The van der Waals surface area contributed by atoms with E-state index in [0.717, 1.165) is 24.3 Å². The van der Waals surface area contributed by atoms with Crippen LogP contribution in [-0.2, 0) is 6.42 Å². The molecule has 0 bridgehead atoms. The zero-order valence-electron chi connectivity index (χ0n) is 10.5. The van der Waals surface area contributed by atoms with Gasteiger partial charge in [-0.15, -0.1) is 0 Å². The predicted molar refractivity (Wildman–Crippen MR) is 78.2 cm³/mol. The largest absolute Gasteiger partial charge is 0.396 e. The van der Waals surface area contributed by atoms with Gasteiger partial charge in [0.2, 0.25) is 0 Å². The van der Waals surface area contributed by atoms with E-state index < -0.39 is 0 Å². The molecule has 0 fully saturated rings. The number of hydrogen-bond acceptors (Lipinski definition) is 1. The summed E-state index contributed by atoms with van der Waals surface area (Å²) in [5.41, 5.74) is 1.38. The maximum atomic E-state index is 8.71. The summed E-state index contributed by atoms with van der Waals surface area (Å²) in [5, 5.41) is 12.0. The van der Waals surface area contributed by atoms with Crippen LogP contribution in [0.5, 0.6) is 0 Å². The van der Waals surface area contributed by atoms with Crippen molar-refractivity contribution in [1.29, 1.82) is 0 Å². The summed E-state index contributed by atoms with van der Waals surface area (Å²) in [5.74, 6) is 0. The third-order valence-corrected chi connectivity index (χ3v) is 3.48. The average molecular weight is 263 g/mol. The first-order chi connectivity index (χ1) is 8.79. The van der Waals surface area contributed by atoms with Crippen molar-refractivity contribution in [3.05, 3.63) is 47.0 Å². The molecule has 0 spiro atoms. The Morgan fingerprint density at radius 1 is 0.833 bits per heavy atom. The Bertz CT molecular complexity index is 507. The summed E-state index contributed by atoms with van der Waals surface area (Å²) >= 11 is 5.97. The van der Waals surface area contributed by atoms with Gasteiger partial charge in [0.25, 0.3) is 0 Å². The highest BCUT2D eigenvalue weighted by molar-refractivity contribution is 6.31. The molecule has 2 aromatic rings. The van der Waals surface area contributed by atoms with Crippen LogP contribution >= 0.6 is 11.6 Å². The van der Waals surface area contributed by atoms with Gasteiger partial charge in [-0.1, -0.05) is 48.7 Å². The topological polar surface area (TPSA) is 20.2 Å². The molecule has 0 saturated carbocycles. The Morgan fingerprint density at radius 2 is 1.56 bits per heavy atom. The first-order valence-corrected chi connectivity index (χ1v) is 6.96. The van der Waals surface area contributed by atoms with Crippen molar-refractivity contribution in [2.24, 2.45) is 0 Å². The molecule has 96 valence electrons. The van der Waals surface area contributed by atoms with Crippen LogP contribution in [0, 0.1) is 0 Å². The Labute approximate surface area is 113 Å². The molecule has 0 unspecified atom stereocenters. The van der Waals surface area contributed by atoms with Gasteiger partial charge in [0.15, 0.2) is 0 Å². The molecule has 0 saturated heterocycles. The van der Waals surface area contributed by atoms with Gasteiger partial charge in [-0.05, 0) is 47.7 Å². The van der Waals surface area contributed by atoms with Crippen molar-refractivity contribution in [1.82, 2.24) is 0 Å². The first kappa shape index (κ1) is 13.4. The van der Waals surface area contributed by atoms with Crippen LogP contribution in [-0.4, -0.2) is 11.7 Å². The number of halogens is 1. The Balaban J connectivity index is 1.95. The number of fused-ring (bicyclic) bond motifs is 1. The molecule has 0 atom stereocenters. The zero-order valence-corrected chi connectivity index (χ0v) is 11.3. The third-order valence-electron chi connectivity index (χ3n) is 3.24. The number of hydrogen-bond donors (Lipinski definition) is 1. The van der Waals surface area contributed by atoms with Crippen LogP contribution in [0.25, 0.3) is 10.8 Å². The van der Waals surface area contributed by atoms with Gasteiger partial charge in [-0.2, -0.15) is 0 Å². The summed E-state index contributed by atoms with van der Waals surface area (Å²) in [6, 6.07) is 12.6. The molecule has 2 rings (SSSR count). The molecule has 0 aliphatic heterocycles. The average Bonchev–Trinajstić information content (AvgIpc) is 2.38. The van der Waals surface area contributed by atoms with Crippen molar-refractivity contribution in [2.45, 2.75) is 32.1 Å².